The number of non-ortho nitro benzene ring substituents is 1. The number of rotatable bonds is 6. The van der Waals surface area contributed by atoms with Crippen LogP contribution in [0.1, 0.15) is 12.5 Å². The number of hydrogen-bond donors (Lipinski definition) is 1. The van der Waals surface area contributed by atoms with E-state index < -0.39 is 20.5 Å². The predicted octanol–water partition coefficient (Wildman–Crippen LogP) is 6.04. The first-order valence-corrected chi connectivity index (χ1v) is 13.1. The predicted molar refractivity (Wildman–Crippen MR) is 147 cm³/mol. The molecule has 3 aromatic carbocycles. The summed E-state index contributed by atoms with van der Waals surface area (Å²) in [6, 6.07) is 16.2. The molecule has 0 fully saturated rings. The summed E-state index contributed by atoms with van der Waals surface area (Å²) in [7, 11) is -2.78. The first kappa shape index (κ1) is 27.4. The van der Waals surface area contributed by atoms with Gasteiger partial charge in [0.05, 0.1) is 49.7 Å². The summed E-state index contributed by atoms with van der Waals surface area (Å²) in [4.78, 5) is 16.2. The molecule has 14 heteroatoms. The Labute approximate surface area is 233 Å². The first-order chi connectivity index (χ1) is 18.5. The van der Waals surface area contributed by atoms with Gasteiger partial charge >= 0.3 is 0 Å². The van der Waals surface area contributed by atoms with Crippen molar-refractivity contribution in [1.82, 2.24) is 0 Å². The summed E-state index contributed by atoms with van der Waals surface area (Å²) in [5, 5.41) is 30.6. The van der Waals surface area contributed by atoms with E-state index in [-0.39, 0.29) is 54.8 Å². The summed E-state index contributed by atoms with van der Waals surface area (Å²) in [6.45, 7) is 1.55. The Bertz CT molecular complexity index is 1750. The number of nitro benzene ring substituents is 1. The van der Waals surface area contributed by atoms with Gasteiger partial charge in [0.25, 0.3) is 15.7 Å². The molecule has 0 atom stereocenters. The molecule has 11 nitrogen and oxygen atoms in total. The Morgan fingerprint density at radius 3 is 2.33 bits per heavy atom. The Hall–Kier alpha value is -4.62. The average molecular weight is 583 g/mol. The molecule has 39 heavy (non-hydrogen) atoms. The fourth-order valence-corrected chi connectivity index (χ4v) is 5.67. The zero-order valence-electron chi connectivity index (χ0n) is 20.1. The van der Waals surface area contributed by atoms with Crippen LogP contribution in [0.2, 0.25) is 10.0 Å². The van der Waals surface area contributed by atoms with E-state index in [0.717, 1.165) is 12.1 Å². The fraction of sp³-hybridized carbons (Fsp3) is 0.0800. The van der Waals surface area contributed by atoms with Crippen LogP contribution in [-0.2, 0) is 10.0 Å². The maximum absolute atomic E-state index is 13.3. The number of hydrogen-bond acceptors (Lipinski definition) is 9. The van der Waals surface area contributed by atoms with E-state index in [1.807, 2.05) is 12.1 Å². The van der Waals surface area contributed by atoms with E-state index in [1.54, 1.807) is 25.1 Å². The third-order valence-corrected chi connectivity index (χ3v) is 7.55. The monoisotopic (exact) mass is 582 g/mol. The minimum atomic E-state index is -4.18. The van der Waals surface area contributed by atoms with E-state index in [1.165, 1.54) is 36.3 Å². The van der Waals surface area contributed by atoms with Gasteiger partial charge < -0.3 is 4.74 Å². The van der Waals surface area contributed by atoms with Crippen molar-refractivity contribution in [3.8, 4) is 17.9 Å². The molecule has 3 aromatic rings. The van der Waals surface area contributed by atoms with Gasteiger partial charge in [0.15, 0.2) is 5.57 Å². The van der Waals surface area contributed by atoms with Gasteiger partial charge in [0.1, 0.15) is 23.7 Å². The number of allylic oxidation sites excluding steroid dienone is 1. The second-order valence-electron chi connectivity index (χ2n) is 7.94. The van der Waals surface area contributed by atoms with Crippen LogP contribution in [-0.4, -0.2) is 26.3 Å². The number of sulfonamides is 1. The van der Waals surface area contributed by atoms with Crippen LogP contribution >= 0.6 is 23.2 Å². The van der Waals surface area contributed by atoms with Crippen molar-refractivity contribution in [2.75, 3.05) is 16.7 Å². The molecule has 0 bridgehead atoms. The topological polar surface area (TPSA) is 162 Å². The van der Waals surface area contributed by atoms with Crippen LogP contribution < -0.4 is 14.4 Å². The highest BCUT2D eigenvalue weighted by Crippen LogP contribution is 2.46. The van der Waals surface area contributed by atoms with E-state index in [2.05, 4.69) is 9.71 Å². The van der Waals surface area contributed by atoms with Crippen molar-refractivity contribution in [2.24, 2.45) is 4.99 Å². The average Bonchev–Trinajstić information content (AvgIpc) is 2.89. The lowest BCUT2D eigenvalue weighted by molar-refractivity contribution is -0.384. The minimum absolute atomic E-state index is 0.0224. The number of fused-ring (bicyclic) bond motifs is 1. The van der Waals surface area contributed by atoms with Gasteiger partial charge in [0, 0.05) is 17.7 Å². The standard InChI is InChI=1S/C25H16Cl2N6O5S/c1-14-30-21-8-7-17(39(36,37)31-22-5-3-4-6-23(22)38-2)11-18(21)24(15(12-28)13-29)32(14)25-19(26)9-16(33(34)35)10-20(25)27/h3-11,31H,1-2H3. The third kappa shape index (κ3) is 5.09. The number of benzene rings is 3. The van der Waals surface area contributed by atoms with Crippen LogP contribution in [0.15, 0.2) is 70.1 Å². The highest BCUT2D eigenvalue weighted by molar-refractivity contribution is 7.92. The number of para-hydroxylation sites is 2. The molecule has 4 rings (SSSR count). The smallest absolute Gasteiger partial charge is 0.272 e. The minimum Gasteiger partial charge on any atom is -0.495 e. The summed E-state index contributed by atoms with van der Waals surface area (Å²) in [6.07, 6.45) is 0. The van der Waals surface area contributed by atoms with Crippen LogP contribution in [0.4, 0.5) is 22.7 Å². The molecule has 0 aliphatic carbocycles. The van der Waals surface area contributed by atoms with Crippen LogP contribution in [0.3, 0.4) is 0 Å². The number of nitro groups is 1. The number of nitrogens with one attached hydrogen (secondary N) is 1. The highest BCUT2D eigenvalue weighted by Gasteiger charge is 2.32. The molecule has 0 unspecified atom stereocenters. The van der Waals surface area contributed by atoms with Crippen molar-refractivity contribution in [3.63, 3.8) is 0 Å². The van der Waals surface area contributed by atoms with Crippen molar-refractivity contribution in [2.45, 2.75) is 11.8 Å². The van der Waals surface area contributed by atoms with Crippen molar-refractivity contribution >= 4 is 67.5 Å². The van der Waals surface area contributed by atoms with Gasteiger partial charge in [-0.15, -0.1) is 0 Å². The largest absolute Gasteiger partial charge is 0.495 e. The Morgan fingerprint density at radius 2 is 1.74 bits per heavy atom. The quantitative estimate of drug-likeness (QED) is 0.209. The fourth-order valence-electron chi connectivity index (χ4n) is 3.93. The van der Waals surface area contributed by atoms with Crippen molar-refractivity contribution in [1.29, 1.82) is 10.5 Å². The van der Waals surface area contributed by atoms with Gasteiger partial charge in [0.2, 0.25) is 0 Å². The second-order valence-corrected chi connectivity index (χ2v) is 10.4. The highest BCUT2D eigenvalue weighted by atomic mass is 35.5. The van der Waals surface area contributed by atoms with Gasteiger partial charge in [-0.25, -0.2) is 13.4 Å². The molecule has 0 saturated carbocycles. The molecule has 196 valence electrons. The summed E-state index contributed by atoms with van der Waals surface area (Å²) in [5.74, 6) is 0.519. The van der Waals surface area contributed by atoms with Crippen LogP contribution in [0, 0.1) is 32.8 Å². The molecular formula is C25H16Cl2N6O5S. The summed E-state index contributed by atoms with van der Waals surface area (Å²) < 4.78 is 34.3. The second kappa shape index (κ2) is 10.6. The molecule has 1 N–H and O–H groups in total. The lowest BCUT2D eigenvalue weighted by atomic mass is 10.0. The molecule has 0 spiro atoms. The SMILES string of the molecule is COc1ccccc1NS(=O)(=O)c1ccc2c(c1)C(=C(C#N)C#N)N(c1c(Cl)cc([N+](=O)[O-])cc1Cl)C(C)=N2. The van der Waals surface area contributed by atoms with Crippen molar-refractivity contribution < 1.29 is 18.1 Å². The lowest BCUT2D eigenvalue weighted by Gasteiger charge is -2.33. The van der Waals surface area contributed by atoms with E-state index >= 15 is 0 Å². The normalized spacial score (nSPS) is 12.5. The zero-order valence-corrected chi connectivity index (χ0v) is 22.5. The van der Waals surface area contributed by atoms with E-state index in [9.17, 15) is 29.1 Å². The number of nitriles is 2. The Morgan fingerprint density at radius 1 is 1.10 bits per heavy atom. The van der Waals surface area contributed by atoms with Crippen LogP contribution in [0.5, 0.6) is 5.75 Å². The molecule has 1 aliphatic rings. The first-order valence-electron chi connectivity index (χ1n) is 10.9. The number of anilines is 2. The number of nitrogens with zero attached hydrogens (tertiary/aromatic N) is 5. The summed E-state index contributed by atoms with van der Waals surface area (Å²) >= 11 is 12.8. The molecule has 0 amide bonds. The lowest BCUT2D eigenvalue weighted by Crippen LogP contribution is -2.31. The molecule has 1 heterocycles. The van der Waals surface area contributed by atoms with Gasteiger partial charge in [-0.05, 0) is 37.3 Å². The van der Waals surface area contributed by atoms with E-state index in [4.69, 9.17) is 27.9 Å². The maximum atomic E-state index is 13.3. The zero-order chi connectivity index (χ0) is 28.5. The van der Waals surface area contributed by atoms with Crippen LogP contribution in [0.25, 0.3) is 5.70 Å². The number of methoxy groups -OCH3 is 1. The third-order valence-electron chi connectivity index (χ3n) is 5.61. The van der Waals surface area contributed by atoms with E-state index in [0.29, 0.717) is 5.75 Å². The number of amidine groups is 1. The van der Waals surface area contributed by atoms with Crippen molar-refractivity contribution in [3.05, 3.63) is 85.9 Å². The molecule has 0 saturated heterocycles. The maximum Gasteiger partial charge on any atom is 0.272 e. The van der Waals surface area contributed by atoms with Gasteiger partial charge in [-0.1, -0.05) is 35.3 Å². The number of aliphatic imine (C=N–C) groups is 1. The Balaban J connectivity index is 1.93. The molecule has 0 radical (unpaired) electrons. The molecular weight excluding hydrogens is 567 g/mol. The van der Waals surface area contributed by atoms with Gasteiger partial charge in [-0.3, -0.25) is 19.7 Å². The number of ether oxygens (including phenoxy) is 1. The van der Waals surface area contributed by atoms with Gasteiger partial charge in [-0.2, -0.15) is 10.5 Å². The Kier molecular flexibility index (Phi) is 7.47. The number of halogens is 2. The molecule has 0 aromatic heterocycles. The molecule has 1 aliphatic heterocycles. The summed E-state index contributed by atoms with van der Waals surface area (Å²) in [5.41, 5.74) is -0.211.